The van der Waals surface area contributed by atoms with E-state index >= 15 is 0 Å². The van der Waals surface area contributed by atoms with Crippen molar-refractivity contribution in [2.45, 2.75) is 28.8 Å². The molecule has 2 aliphatic rings. The van der Waals surface area contributed by atoms with E-state index in [2.05, 4.69) is 43.8 Å². The van der Waals surface area contributed by atoms with Crippen molar-refractivity contribution < 1.29 is 9.84 Å². The number of aromatic nitrogens is 5. The molecular formula is C27H30N8O2S. The van der Waals surface area contributed by atoms with E-state index in [-0.39, 0.29) is 4.75 Å². The van der Waals surface area contributed by atoms with Crippen molar-refractivity contribution in [1.82, 2.24) is 24.7 Å². The van der Waals surface area contributed by atoms with Crippen LogP contribution in [0.4, 0.5) is 17.2 Å². The predicted octanol–water partition coefficient (Wildman–Crippen LogP) is 3.69. The molecule has 1 saturated carbocycles. The van der Waals surface area contributed by atoms with Crippen LogP contribution in [0.15, 0.2) is 72.1 Å². The van der Waals surface area contributed by atoms with Crippen LogP contribution >= 0.6 is 11.8 Å². The Bertz CT molecular complexity index is 1370. The Labute approximate surface area is 225 Å². The van der Waals surface area contributed by atoms with Gasteiger partial charge < -0.3 is 25.4 Å². The van der Waals surface area contributed by atoms with Crippen LogP contribution in [0.25, 0.3) is 11.4 Å². The molecule has 1 atom stereocenters. The quantitative estimate of drug-likeness (QED) is 0.277. The maximum Gasteiger partial charge on any atom is 0.202 e. The number of anilines is 3. The van der Waals surface area contributed by atoms with Gasteiger partial charge in [0.2, 0.25) is 6.35 Å². The standard InChI is InChI=1S/C27H30N8O2S/c1-34-18-21(17-29-34)31-26(36)30-20-4-2-19(3-5-20)25-32-23(16-24(33-25)35-12-14-37-15-13-35)27(8-9-27)38-22-6-10-28-11-7-22/h2-7,10-11,16-18,26,30-31,36H,8-9,12-15H2,1H3. The van der Waals surface area contributed by atoms with Crippen molar-refractivity contribution in [3.63, 3.8) is 0 Å². The number of ether oxygens (including phenoxy) is 1. The summed E-state index contributed by atoms with van der Waals surface area (Å²) in [6.45, 7) is 3.01. The summed E-state index contributed by atoms with van der Waals surface area (Å²) >= 11 is 1.86. The van der Waals surface area contributed by atoms with E-state index in [9.17, 15) is 5.11 Å². The molecule has 0 bridgehead atoms. The van der Waals surface area contributed by atoms with Crippen molar-refractivity contribution in [1.29, 1.82) is 0 Å². The van der Waals surface area contributed by atoms with Gasteiger partial charge in [0.1, 0.15) is 5.82 Å². The Morgan fingerprint density at radius 1 is 1.00 bits per heavy atom. The van der Waals surface area contributed by atoms with E-state index in [1.54, 1.807) is 17.1 Å². The monoisotopic (exact) mass is 530 g/mol. The number of aliphatic hydroxyl groups excluding tert-OH is 1. The van der Waals surface area contributed by atoms with E-state index in [4.69, 9.17) is 14.7 Å². The lowest BCUT2D eigenvalue weighted by Gasteiger charge is -2.29. The second-order valence-corrected chi connectivity index (χ2v) is 10.9. The molecule has 3 N–H and O–H groups in total. The number of nitrogens with one attached hydrogen (secondary N) is 2. The Balaban J connectivity index is 1.25. The summed E-state index contributed by atoms with van der Waals surface area (Å²) in [5, 5.41) is 20.5. The first kappa shape index (κ1) is 24.7. The van der Waals surface area contributed by atoms with Gasteiger partial charge in [0.15, 0.2) is 5.82 Å². The molecule has 1 unspecified atom stereocenters. The van der Waals surface area contributed by atoms with Crippen molar-refractivity contribution in [3.05, 3.63) is 72.9 Å². The summed E-state index contributed by atoms with van der Waals surface area (Å²) in [4.78, 5) is 17.7. The van der Waals surface area contributed by atoms with Crippen LogP contribution < -0.4 is 15.5 Å². The molecule has 0 radical (unpaired) electrons. The van der Waals surface area contributed by atoms with Crippen molar-refractivity contribution >= 4 is 29.0 Å². The third-order valence-electron chi connectivity index (χ3n) is 6.64. The van der Waals surface area contributed by atoms with Gasteiger partial charge in [-0.25, -0.2) is 9.97 Å². The zero-order chi connectivity index (χ0) is 26.0. The summed E-state index contributed by atoms with van der Waals surface area (Å²) < 4.78 is 7.20. The van der Waals surface area contributed by atoms with Gasteiger partial charge in [-0.15, -0.1) is 11.8 Å². The molecule has 6 rings (SSSR count). The Morgan fingerprint density at radius 3 is 2.42 bits per heavy atom. The summed E-state index contributed by atoms with van der Waals surface area (Å²) in [5.41, 5.74) is 3.48. The summed E-state index contributed by atoms with van der Waals surface area (Å²) in [6, 6.07) is 14.1. The molecule has 0 amide bonds. The molecule has 4 heterocycles. The van der Waals surface area contributed by atoms with Crippen LogP contribution in [0, 0.1) is 0 Å². The third kappa shape index (κ3) is 5.59. The fourth-order valence-electron chi connectivity index (χ4n) is 4.47. The number of rotatable bonds is 9. The fraction of sp³-hybridized carbons (Fsp3) is 0.333. The third-order valence-corrected chi connectivity index (χ3v) is 8.15. The lowest BCUT2D eigenvalue weighted by Crippen LogP contribution is -2.37. The Kier molecular flexibility index (Phi) is 6.88. The van der Waals surface area contributed by atoms with E-state index in [1.807, 2.05) is 55.5 Å². The molecule has 38 heavy (non-hydrogen) atoms. The SMILES string of the molecule is Cn1cc(NC(O)Nc2ccc(-c3nc(N4CCOCC4)cc(C4(Sc5ccncc5)CC4)n3)cc2)cn1. The summed E-state index contributed by atoms with van der Waals surface area (Å²) in [6.07, 6.45) is 8.31. The fourth-order valence-corrected chi connectivity index (χ4v) is 5.69. The molecule has 1 aliphatic carbocycles. The minimum absolute atomic E-state index is 0.0519. The average Bonchev–Trinajstić information content (AvgIpc) is 3.62. The maximum atomic E-state index is 10.4. The molecule has 10 nitrogen and oxygen atoms in total. The van der Waals surface area contributed by atoms with E-state index in [0.717, 1.165) is 54.4 Å². The Morgan fingerprint density at radius 2 is 1.74 bits per heavy atom. The number of aryl methyl sites for hydroxylation is 1. The normalized spacial score (nSPS) is 17.2. The van der Waals surface area contributed by atoms with Crippen molar-refractivity contribution in [2.75, 3.05) is 41.8 Å². The van der Waals surface area contributed by atoms with Crippen molar-refractivity contribution in [3.8, 4) is 11.4 Å². The number of hydrogen-bond acceptors (Lipinski definition) is 10. The van der Waals surface area contributed by atoms with E-state index in [0.29, 0.717) is 19.0 Å². The van der Waals surface area contributed by atoms with Gasteiger partial charge in [0.25, 0.3) is 0 Å². The molecular weight excluding hydrogens is 500 g/mol. The zero-order valence-corrected chi connectivity index (χ0v) is 21.9. The highest BCUT2D eigenvalue weighted by Gasteiger charge is 2.47. The average molecular weight is 531 g/mol. The first-order chi connectivity index (χ1) is 18.6. The van der Waals surface area contributed by atoms with Gasteiger partial charge in [0.05, 0.1) is 35.5 Å². The first-order valence-electron chi connectivity index (χ1n) is 12.7. The molecule has 4 aromatic rings. The number of nitrogens with zero attached hydrogens (tertiary/aromatic N) is 6. The Hall–Kier alpha value is -3.67. The largest absolute Gasteiger partial charge is 0.378 e. The van der Waals surface area contributed by atoms with Crippen LogP contribution in [0.3, 0.4) is 0 Å². The number of pyridine rings is 1. The maximum absolute atomic E-state index is 10.4. The molecule has 196 valence electrons. The molecule has 3 aromatic heterocycles. The predicted molar refractivity (Wildman–Crippen MR) is 148 cm³/mol. The van der Waals surface area contributed by atoms with Crippen LogP contribution in [0.5, 0.6) is 0 Å². The zero-order valence-electron chi connectivity index (χ0n) is 21.1. The number of hydrogen-bond donors (Lipinski definition) is 3. The number of benzene rings is 1. The van der Waals surface area contributed by atoms with Gasteiger partial charge in [0, 0.05) is 60.9 Å². The minimum Gasteiger partial charge on any atom is -0.378 e. The van der Waals surface area contributed by atoms with Gasteiger partial charge >= 0.3 is 0 Å². The first-order valence-corrected chi connectivity index (χ1v) is 13.5. The van der Waals surface area contributed by atoms with Crippen LogP contribution in [-0.2, 0) is 16.5 Å². The van der Waals surface area contributed by atoms with E-state index < -0.39 is 6.35 Å². The van der Waals surface area contributed by atoms with Crippen molar-refractivity contribution in [2.24, 2.45) is 7.05 Å². The van der Waals surface area contributed by atoms with E-state index in [1.165, 1.54) is 4.90 Å². The molecule has 1 saturated heterocycles. The van der Waals surface area contributed by atoms with Crippen LogP contribution in [0.1, 0.15) is 18.5 Å². The topological polar surface area (TPSA) is 113 Å². The van der Waals surface area contributed by atoms with Gasteiger partial charge in [-0.1, -0.05) is 0 Å². The lowest BCUT2D eigenvalue weighted by atomic mass is 10.1. The van der Waals surface area contributed by atoms with Crippen LogP contribution in [-0.4, -0.2) is 62.5 Å². The molecule has 11 heteroatoms. The number of thioether (sulfide) groups is 1. The molecule has 1 aromatic carbocycles. The van der Waals surface area contributed by atoms with Gasteiger partial charge in [-0.05, 0) is 49.2 Å². The lowest BCUT2D eigenvalue weighted by molar-refractivity contribution is 0.122. The number of aliphatic hydroxyl groups is 1. The highest BCUT2D eigenvalue weighted by atomic mass is 32.2. The summed E-state index contributed by atoms with van der Waals surface area (Å²) in [7, 11) is 1.83. The molecule has 1 aliphatic heterocycles. The molecule has 0 spiro atoms. The second kappa shape index (κ2) is 10.6. The number of morpholine rings is 1. The van der Waals surface area contributed by atoms with Crippen LogP contribution in [0.2, 0.25) is 0 Å². The summed E-state index contributed by atoms with van der Waals surface area (Å²) in [5.74, 6) is 1.64. The van der Waals surface area contributed by atoms with Gasteiger partial charge in [-0.3, -0.25) is 9.67 Å². The smallest absolute Gasteiger partial charge is 0.202 e. The van der Waals surface area contributed by atoms with Gasteiger partial charge in [-0.2, -0.15) is 5.10 Å². The molecule has 2 fully saturated rings. The highest BCUT2D eigenvalue weighted by Crippen LogP contribution is 2.59. The second-order valence-electron chi connectivity index (χ2n) is 9.48. The minimum atomic E-state index is -0.961. The highest BCUT2D eigenvalue weighted by molar-refractivity contribution is 8.00.